The molecule has 0 spiro atoms. The molecule has 0 bridgehead atoms. The van der Waals surface area contributed by atoms with Crippen LogP contribution in [-0.2, 0) is 11.3 Å². The lowest BCUT2D eigenvalue weighted by atomic mass is 10.2. The molecule has 94 valence electrons. The van der Waals surface area contributed by atoms with Crippen molar-refractivity contribution >= 4 is 17.5 Å². The number of hydrogen-bond donors (Lipinski definition) is 1. The Hall–Kier alpha value is -1.06. The summed E-state index contributed by atoms with van der Waals surface area (Å²) in [6.07, 6.45) is 1.02. The Bertz CT molecular complexity index is 368. The van der Waals surface area contributed by atoms with Gasteiger partial charge in [-0.1, -0.05) is 36.7 Å². The minimum Gasteiger partial charge on any atom is -0.358 e. The van der Waals surface area contributed by atoms with Crippen molar-refractivity contribution in [2.75, 3.05) is 20.1 Å². The molecule has 0 saturated carbocycles. The van der Waals surface area contributed by atoms with Gasteiger partial charge in [0.25, 0.3) is 0 Å². The smallest absolute Gasteiger partial charge is 0.233 e. The van der Waals surface area contributed by atoms with Gasteiger partial charge in [-0.25, -0.2) is 0 Å². The number of benzene rings is 1. The summed E-state index contributed by atoms with van der Waals surface area (Å²) >= 11 is 6.11. The predicted octanol–water partition coefficient (Wildman–Crippen LogP) is 2.30. The number of rotatable bonds is 6. The van der Waals surface area contributed by atoms with Crippen molar-refractivity contribution in [1.29, 1.82) is 0 Å². The van der Waals surface area contributed by atoms with Gasteiger partial charge in [0.15, 0.2) is 0 Å². The van der Waals surface area contributed by atoms with Crippen molar-refractivity contribution in [2.24, 2.45) is 0 Å². The van der Waals surface area contributed by atoms with E-state index in [4.69, 9.17) is 11.6 Å². The molecule has 3 nitrogen and oxygen atoms in total. The molecule has 1 rings (SSSR count). The highest BCUT2D eigenvalue weighted by molar-refractivity contribution is 6.31. The summed E-state index contributed by atoms with van der Waals surface area (Å²) in [6, 6.07) is 7.75. The first-order valence-electron chi connectivity index (χ1n) is 5.83. The first-order chi connectivity index (χ1) is 8.17. The Morgan fingerprint density at radius 2 is 2.12 bits per heavy atom. The van der Waals surface area contributed by atoms with E-state index < -0.39 is 0 Å². The van der Waals surface area contributed by atoms with Crippen molar-refractivity contribution in [3.8, 4) is 0 Å². The minimum absolute atomic E-state index is 0.0329. The molecule has 0 aliphatic carbocycles. The fourth-order valence-corrected chi connectivity index (χ4v) is 1.88. The van der Waals surface area contributed by atoms with Crippen LogP contribution in [-0.4, -0.2) is 30.9 Å². The lowest BCUT2D eigenvalue weighted by Crippen LogP contribution is -2.35. The summed E-state index contributed by atoms with van der Waals surface area (Å²) in [5.41, 5.74) is 1.06. The summed E-state index contributed by atoms with van der Waals surface area (Å²) in [7, 11) is 1.65. The molecule has 4 heteroatoms. The van der Waals surface area contributed by atoms with Gasteiger partial charge in [-0.2, -0.15) is 0 Å². The van der Waals surface area contributed by atoms with E-state index in [-0.39, 0.29) is 5.91 Å². The van der Waals surface area contributed by atoms with Gasteiger partial charge in [0.05, 0.1) is 6.54 Å². The van der Waals surface area contributed by atoms with Crippen LogP contribution in [0.15, 0.2) is 24.3 Å². The SMILES string of the molecule is CCCN(CC(=O)NC)Cc1ccccc1Cl. The number of likely N-dealkylation sites (N-methyl/N-ethyl adjacent to an activating group) is 1. The average molecular weight is 255 g/mol. The van der Waals surface area contributed by atoms with E-state index in [1.54, 1.807) is 7.05 Å². The van der Waals surface area contributed by atoms with Crippen LogP contribution in [0.5, 0.6) is 0 Å². The molecule has 0 aliphatic heterocycles. The lowest BCUT2D eigenvalue weighted by molar-refractivity contribution is -0.121. The molecule has 0 unspecified atom stereocenters. The molecule has 1 aromatic rings. The zero-order valence-electron chi connectivity index (χ0n) is 10.4. The largest absolute Gasteiger partial charge is 0.358 e. The first-order valence-corrected chi connectivity index (χ1v) is 6.21. The molecular formula is C13H19ClN2O. The Morgan fingerprint density at radius 1 is 1.41 bits per heavy atom. The van der Waals surface area contributed by atoms with Crippen LogP contribution < -0.4 is 5.32 Å². The Labute approximate surface area is 108 Å². The number of nitrogens with zero attached hydrogens (tertiary/aromatic N) is 1. The molecule has 1 N–H and O–H groups in total. The van der Waals surface area contributed by atoms with Crippen LogP contribution in [0.3, 0.4) is 0 Å². The molecule has 1 aromatic carbocycles. The number of carbonyl (C=O) groups is 1. The number of amides is 1. The Balaban J connectivity index is 2.66. The third-order valence-corrected chi connectivity index (χ3v) is 2.91. The van der Waals surface area contributed by atoms with Crippen LogP contribution in [0.2, 0.25) is 5.02 Å². The highest BCUT2D eigenvalue weighted by atomic mass is 35.5. The van der Waals surface area contributed by atoms with Gasteiger partial charge in [0.2, 0.25) is 5.91 Å². The van der Waals surface area contributed by atoms with E-state index in [0.29, 0.717) is 13.1 Å². The van der Waals surface area contributed by atoms with E-state index in [9.17, 15) is 4.79 Å². The second-order valence-electron chi connectivity index (χ2n) is 3.98. The maximum Gasteiger partial charge on any atom is 0.233 e. The van der Waals surface area contributed by atoms with Crippen LogP contribution >= 0.6 is 11.6 Å². The van der Waals surface area contributed by atoms with Crippen molar-refractivity contribution in [3.05, 3.63) is 34.9 Å². The molecule has 0 fully saturated rings. The highest BCUT2D eigenvalue weighted by Crippen LogP contribution is 2.16. The second kappa shape index (κ2) is 7.30. The number of nitrogens with one attached hydrogen (secondary N) is 1. The molecule has 1 amide bonds. The van der Waals surface area contributed by atoms with Gasteiger partial charge >= 0.3 is 0 Å². The first kappa shape index (κ1) is 14.0. The summed E-state index contributed by atoms with van der Waals surface area (Å²) in [4.78, 5) is 13.5. The van der Waals surface area contributed by atoms with Gasteiger partial charge < -0.3 is 5.32 Å². The summed E-state index contributed by atoms with van der Waals surface area (Å²) in [6.45, 7) is 4.11. The minimum atomic E-state index is 0.0329. The number of halogens is 1. The topological polar surface area (TPSA) is 32.3 Å². The molecule has 0 atom stereocenters. The summed E-state index contributed by atoms with van der Waals surface area (Å²) < 4.78 is 0. The van der Waals surface area contributed by atoms with Crippen LogP contribution in [0.1, 0.15) is 18.9 Å². The van der Waals surface area contributed by atoms with Gasteiger partial charge in [0.1, 0.15) is 0 Å². The maximum absolute atomic E-state index is 11.4. The van der Waals surface area contributed by atoms with Gasteiger partial charge in [-0.05, 0) is 24.6 Å². The molecule has 0 radical (unpaired) electrons. The van der Waals surface area contributed by atoms with Gasteiger partial charge in [-0.15, -0.1) is 0 Å². The van der Waals surface area contributed by atoms with Crippen LogP contribution in [0.4, 0.5) is 0 Å². The fourth-order valence-electron chi connectivity index (χ4n) is 1.68. The number of carbonyl (C=O) groups excluding carboxylic acids is 1. The Kier molecular flexibility index (Phi) is 6.01. The standard InChI is InChI=1S/C13H19ClN2O/c1-3-8-16(10-13(17)15-2)9-11-6-4-5-7-12(11)14/h4-7H,3,8-10H2,1-2H3,(H,15,17). The van der Waals surface area contributed by atoms with E-state index in [2.05, 4.69) is 17.1 Å². The van der Waals surface area contributed by atoms with Gasteiger partial charge in [0, 0.05) is 18.6 Å². The molecule has 17 heavy (non-hydrogen) atoms. The average Bonchev–Trinajstić information content (AvgIpc) is 2.32. The summed E-state index contributed by atoms with van der Waals surface area (Å²) in [5.74, 6) is 0.0329. The van der Waals surface area contributed by atoms with Crippen molar-refractivity contribution in [2.45, 2.75) is 19.9 Å². The third-order valence-electron chi connectivity index (χ3n) is 2.54. The van der Waals surface area contributed by atoms with Crippen LogP contribution in [0.25, 0.3) is 0 Å². The second-order valence-corrected chi connectivity index (χ2v) is 4.38. The highest BCUT2D eigenvalue weighted by Gasteiger charge is 2.10. The van der Waals surface area contributed by atoms with E-state index in [1.807, 2.05) is 24.3 Å². The predicted molar refractivity (Wildman–Crippen MR) is 71.1 cm³/mol. The zero-order valence-corrected chi connectivity index (χ0v) is 11.1. The lowest BCUT2D eigenvalue weighted by Gasteiger charge is -2.21. The molecule has 0 saturated heterocycles. The molecular weight excluding hydrogens is 236 g/mol. The molecule has 0 heterocycles. The fraction of sp³-hybridized carbons (Fsp3) is 0.462. The van der Waals surface area contributed by atoms with Crippen molar-refractivity contribution < 1.29 is 4.79 Å². The zero-order chi connectivity index (χ0) is 12.7. The number of hydrogen-bond acceptors (Lipinski definition) is 2. The van der Waals surface area contributed by atoms with E-state index >= 15 is 0 Å². The van der Waals surface area contributed by atoms with Crippen molar-refractivity contribution in [3.63, 3.8) is 0 Å². The molecule has 0 aliphatic rings. The third kappa shape index (κ3) is 4.75. The normalized spacial score (nSPS) is 10.6. The molecule has 0 aromatic heterocycles. The van der Waals surface area contributed by atoms with Crippen LogP contribution in [0, 0.1) is 0 Å². The monoisotopic (exact) mass is 254 g/mol. The van der Waals surface area contributed by atoms with Gasteiger partial charge in [-0.3, -0.25) is 9.69 Å². The summed E-state index contributed by atoms with van der Waals surface area (Å²) in [5, 5.41) is 3.40. The van der Waals surface area contributed by atoms with E-state index in [1.165, 1.54) is 0 Å². The van der Waals surface area contributed by atoms with Crippen molar-refractivity contribution in [1.82, 2.24) is 10.2 Å². The quantitative estimate of drug-likeness (QED) is 0.845. The Morgan fingerprint density at radius 3 is 2.71 bits per heavy atom. The maximum atomic E-state index is 11.4. The van der Waals surface area contributed by atoms with E-state index in [0.717, 1.165) is 23.6 Å².